The van der Waals surface area contributed by atoms with Crippen LogP contribution in [0.4, 0.5) is 0 Å². The number of aryl methyl sites for hydroxylation is 1. The van der Waals surface area contributed by atoms with Crippen LogP contribution in [0.15, 0.2) is 140 Å². The van der Waals surface area contributed by atoms with E-state index in [-0.39, 0.29) is 0 Å². The highest BCUT2D eigenvalue weighted by molar-refractivity contribution is 7.27. The van der Waals surface area contributed by atoms with Gasteiger partial charge in [-0.3, -0.25) is 0 Å². The lowest BCUT2D eigenvalue weighted by Gasteiger charge is -2.19. The van der Waals surface area contributed by atoms with Crippen LogP contribution in [-0.2, 0) is 0 Å². The molecule has 0 spiro atoms. The summed E-state index contributed by atoms with van der Waals surface area (Å²) in [5, 5.41) is 13.4. The smallest absolute Gasteiger partial charge is 0.0440 e. The van der Waals surface area contributed by atoms with Crippen molar-refractivity contribution in [3.05, 3.63) is 145 Å². The predicted octanol–water partition coefficient (Wildman–Crippen LogP) is 13.5. The molecule has 2 aromatic heterocycles. The van der Waals surface area contributed by atoms with Crippen molar-refractivity contribution in [3.63, 3.8) is 0 Å². The maximum atomic E-state index is 2.50. The lowest BCUT2D eigenvalue weighted by atomic mass is 9.84. The van der Waals surface area contributed by atoms with Gasteiger partial charge in [0.1, 0.15) is 0 Å². The van der Waals surface area contributed by atoms with Crippen molar-refractivity contribution < 1.29 is 0 Å². The Morgan fingerprint density at radius 2 is 0.867 bits per heavy atom. The van der Waals surface area contributed by atoms with Gasteiger partial charge in [-0.05, 0) is 80.4 Å². The zero-order chi connectivity index (χ0) is 29.6. The summed E-state index contributed by atoms with van der Waals surface area (Å²) in [5.41, 5.74) is 6.56. The van der Waals surface area contributed by atoms with Crippen LogP contribution in [-0.4, -0.2) is 0 Å². The number of fused-ring (bicyclic) bond motifs is 11. The van der Waals surface area contributed by atoms with Crippen molar-refractivity contribution in [3.8, 4) is 22.3 Å². The summed E-state index contributed by atoms with van der Waals surface area (Å²) in [7, 11) is 0. The molecule has 0 saturated carbocycles. The quantitative estimate of drug-likeness (QED) is 0.172. The molecule has 0 bridgehead atoms. The van der Waals surface area contributed by atoms with E-state index < -0.39 is 0 Å². The molecule has 45 heavy (non-hydrogen) atoms. The van der Waals surface area contributed by atoms with Crippen molar-refractivity contribution in [2.24, 2.45) is 0 Å². The van der Waals surface area contributed by atoms with Gasteiger partial charge in [0, 0.05) is 51.3 Å². The lowest BCUT2D eigenvalue weighted by Crippen LogP contribution is -1.91. The molecule has 0 aliphatic rings. The minimum Gasteiger partial charge on any atom is -0.135 e. The highest BCUT2D eigenvalue weighted by Gasteiger charge is 2.23. The fraction of sp³-hybridized carbons (Fsp3) is 0.0233. The van der Waals surface area contributed by atoms with Crippen molar-refractivity contribution in [2.45, 2.75) is 6.92 Å². The summed E-state index contributed by atoms with van der Waals surface area (Å²) >= 11 is 3.87. The number of rotatable bonds is 2. The topological polar surface area (TPSA) is 0 Å². The van der Waals surface area contributed by atoms with Crippen molar-refractivity contribution in [1.29, 1.82) is 0 Å². The first-order chi connectivity index (χ1) is 22.3. The van der Waals surface area contributed by atoms with Crippen molar-refractivity contribution >= 4 is 95.3 Å². The Hall–Kier alpha value is -5.02. The average molecular weight is 607 g/mol. The highest BCUT2D eigenvalue weighted by atomic mass is 32.1. The zero-order valence-corrected chi connectivity index (χ0v) is 26.2. The molecule has 0 saturated heterocycles. The van der Waals surface area contributed by atoms with E-state index in [1.807, 2.05) is 22.7 Å². The summed E-state index contributed by atoms with van der Waals surface area (Å²) in [4.78, 5) is 0. The van der Waals surface area contributed by atoms with E-state index in [0.717, 1.165) is 0 Å². The van der Waals surface area contributed by atoms with Crippen molar-refractivity contribution in [1.82, 2.24) is 0 Å². The predicted molar refractivity (Wildman–Crippen MR) is 200 cm³/mol. The third kappa shape index (κ3) is 3.52. The first-order valence-electron chi connectivity index (χ1n) is 15.4. The molecule has 0 atom stereocenters. The monoisotopic (exact) mass is 606 g/mol. The third-order valence-electron chi connectivity index (χ3n) is 9.52. The molecule has 0 N–H and O–H groups in total. The molecule has 0 fully saturated rings. The highest BCUT2D eigenvalue weighted by Crippen LogP contribution is 2.52. The number of thiophene rings is 2. The fourth-order valence-electron chi connectivity index (χ4n) is 7.69. The molecule has 10 rings (SSSR count). The van der Waals surface area contributed by atoms with Gasteiger partial charge >= 0.3 is 0 Å². The first-order valence-corrected chi connectivity index (χ1v) is 17.1. The Kier molecular flexibility index (Phi) is 5.34. The van der Waals surface area contributed by atoms with E-state index in [9.17, 15) is 0 Å². The van der Waals surface area contributed by atoms with Crippen LogP contribution in [0.3, 0.4) is 0 Å². The number of hydrogen-bond acceptors (Lipinski definition) is 2. The van der Waals surface area contributed by atoms with E-state index in [1.165, 1.54) is 100 Å². The van der Waals surface area contributed by atoms with E-state index in [1.54, 1.807) is 0 Å². The number of benzene rings is 8. The Balaban J connectivity index is 1.46. The van der Waals surface area contributed by atoms with Crippen LogP contribution in [0.1, 0.15) is 5.56 Å². The average Bonchev–Trinajstić information content (AvgIpc) is 3.67. The zero-order valence-electron chi connectivity index (χ0n) is 24.6. The van der Waals surface area contributed by atoms with E-state index >= 15 is 0 Å². The van der Waals surface area contributed by atoms with Gasteiger partial charge in [0.2, 0.25) is 0 Å². The molecule has 0 aliphatic carbocycles. The molecule has 0 radical (unpaired) electrons. The number of hydrogen-bond donors (Lipinski definition) is 0. The Labute approximate surface area is 268 Å². The Bertz CT molecular complexity index is 2760. The van der Waals surface area contributed by atoms with Gasteiger partial charge in [-0.1, -0.05) is 115 Å². The molecule has 0 aliphatic heterocycles. The van der Waals surface area contributed by atoms with Gasteiger partial charge in [0.25, 0.3) is 0 Å². The summed E-state index contributed by atoms with van der Waals surface area (Å²) in [6.07, 6.45) is 0. The second-order valence-electron chi connectivity index (χ2n) is 12.0. The second-order valence-corrected chi connectivity index (χ2v) is 14.1. The fourth-order valence-corrected chi connectivity index (χ4v) is 10.1. The molecule has 8 aromatic carbocycles. The SMILES string of the molecule is Cc1cc2cc(-c3c4ccccc4c(-c4ccccc4)c4ccccc34)c3sc4ccccc4c3c2c2c1sc1ccccc12. The van der Waals surface area contributed by atoms with Crippen LogP contribution in [0.5, 0.6) is 0 Å². The van der Waals surface area contributed by atoms with Crippen LogP contribution in [0.25, 0.3) is 94.9 Å². The standard InChI is InChI=1S/C43H26S2/c1-25-23-27-24-34(39-30-17-7-5-15-28(30)37(26-13-3-2-4-14-26)29-16-6-8-18-31(29)39)43-41(33-20-10-12-22-36(33)45-43)38(27)40-32-19-9-11-21-35(32)44-42(25)40/h2-24H,1H3. The third-order valence-corrected chi connectivity index (χ3v) is 12.0. The Morgan fingerprint density at radius 3 is 1.47 bits per heavy atom. The maximum absolute atomic E-state index is 2.50. The normalized spacial score (nSPS) is 12.1. The Morgan fingerprint density at radius 1 is 0.400 bits per heavy atom. The van der Waals surface area contributed by atoms with Crippen LogP contribution < -0.4 is 0 Å². The van der Waals surface area contributed by atoms with Gasteiger partial charge in [0.15, 0.2) is 0 Å². The van der Waals surface area contributed by atoms with E-state index in [4.69, 9.17) is 0 Å². The van der Waals surface area contributed by atoms with E-state index in [0.29, 0.717) is 0 Å². The summed E-state index contributed by atoms with van der Waals surface area (Å²) < 4.78 is 5.46. The van der Waals surface area contributed by atoms with Crippen LogP contribution in [0, 0.1) is 6.92 Å². The van der Waals surface area contributed by atoms with Gasteiger partial charge in [-0.2, -0.15) is 0 Å². The minimum atomic E-state index is 1.25. The van der Waals surface area contributed by atoms with Gasteiger partial charge in [-0.15, -0.1) is 22.7 Å². The maximum Gasteiger partial charge on any atom is 0.0440 e. The van der Waals surface area contributed by atoms with Crippen LogP contribution >= 0.6 is 22.7 Å². The van der Waals surface area contributed by atoms with Gasteiger partial charge in [0.05, 0.1) is 0 Å². The molecule has 0 amide bonds. The second kappa shape index (κ2) is 9.49. The van der Waals surface area contributed by atoms with E-state index in [2.05, 4.69) is 146 Å². The molecule has 210 valence electrons. The molecule has 10 aromatic rings. The summed E-state index contributed by atoms with van der Waals surface area (Å²) in [5.74, 6) is 0. The van der Waals surface area contributed by atoms with Crippen molar-refractivity contribution in [2.75, 3.05) is 0 Å². The molecule has 2 heteroatoms. The largest absolute Gasteiger partial charge is 0.135 e. The van der Waals surface area contributed by atoms with Crippen LogP contribution in [0.2, 0.25) is 0 Å². The van der Waals surface area contributed by atoms with Gasteiger partial charge in [-0.25, -0.2) is 0 Å². The summed E-state index contributed by atoms with van der Waals surface area (Å²) in [6, 6.07) is 51.8. The molecule has 2 heterocycles. The molecular formula is C43H26S2. The first kappa shape index (κ1) is 25.3. The van der Waals surface area contributed by atoms with Gasteiger partial charge < -0.3 is 0 Å². The lowest BCUT2D eigenvalue weighted by molar-refractivity contribution is 1.59. The molecular weight excluding hydrogens is 581 g/mol. The minimum absolute atomic E-state index is 1.25. The summed E-state index contributed by atoms with van der Waals surface area (Å²) in [6.45, 7) is 2.28. The molecule has 0 nitrogen and oxygen atoms in total. The molecule has 0 unspecified atom stereocenters.